The number of amides is 2. The summed E-state index contributed by atoms with van der Waals surface area (Å²) in [4.78, 5) is 37.2. The normalized spacial score (nSPS) is 14.8. The second-order valence-corrected chi connectivity index (χ2v) is 6.33. The van der Waals surface area contributed by atoms with E-state index in [1.165, 1.54) is 12.1 Å². The highest BCUT2D eigenvalue weighted by atomic mass is 19.1. The lowest BCUT2D eigenvalue weighted by Crippen LogP contribution is -2.46. The van der Waals surface area contributed by atoms with E-state index in [-0.39, 0.29) is 48.9 Å². The number of ether oxygens (including phenoxy) is 1. The summed E-state index contributed by atoms with van der Waals surface area (Å²) < 4.78 is 17.7. The average Bonchev–Trinajstić information content (AvgIpc) is 2.62. The molecule has 0 radical (unpaired) electrons. The first-order valence-electron chi connectivity index (χ1n) is 8.95. The highest BCUT2D eigenvalue weighted by Crippen LogP contribution is 2.13. The zero-order valence-corrected chi connectivity index (χ0v) is 15.0. The van der Waals surface area contributed by atoms with Gasteiger partial charge in [-0.05, 0) is 37.5 Å². The fraction of sp³-hybridized carbons (Fsp3) is 0.526. The third-order valence-electron chi connectivity index (χ3n) is 4.34. The molecule has 1 N–H and O–H groups in total. The maximum absolute atomic E-state index is 12.9. The monoisotopic (exact) mass is 364 g/mol. The van der Waals surface area contributed by atoms with E-state index in [1.54, 1.807) is 24.0 Å². The number of piperidine rings is 1. The van der Waals surface area contributed by atoms with Crippen LogP contribution >= 0.6 is 0 Å². The van der Waals surface area contributed by atoms with Gasteiger partial charge in [0.25, 0.3) is 0 Å². The van der Waals surface area contributed by atoms with Crippen molar-refractivity contribution in [1.29, 1.82) is 0 Å². The van der Waals surface area contributed by atoms with E-state index in [4.69, 9.17) is 4.74 Å². The molecule has 1 aromatic carbocycles. The molecule has 0 bridgehead atoms. The average molecular weight is 364 g/mol. The van der Waals surface area contributed by atoms with Crippen LogP contribution in [0.1, 0.15) is 38.2 Å². The predicted octanol–water partition coefficient (Wildman–Crippen LogP) is 1.82. The Balaban J connectivity index is 1.69. The second kappa shape index (κ2) is 9.89. The van der Waals surface area contributed by atoms with Gasteiger partial charge in [0.1, 0.15) is 5.82 Å². The van der Waals surface area contributed by atoms with Crippen LogP contribution in [0.2, 0.25) is 0 Å². The van der Waals surface area contributed by atoms with Gasteiger partial charge in [-0.25, -0.2) is 4.39 Å². The topological polar surface area (TPSA) is 75.7 Å². The van der Waals surface area contributed by atoms with Crippen LogP contribution < -0.4 is 5.32 Å². The van der Waals surface area contributed by atoms with Crippen LogP contribution in [0.3, 0.4) is 0 Å². The molecule has 0 spiro atoms. The molecule has 7 heteroatoms. The van der Waals surface area contributed by atoms with Gasteiger partial charge in [-0.15, -0.1) is 0 Å². The molecule has 2 amide bonds. The molecule has 1 aliphatic rings. The second-order valence-electron chi connectivity index (χ2n) is 6.33. The van der Waals surface area contributed by atoms with Gasteiger partial charge in [-0.3, -0.25) is 14.4 Å². The Bertz CT molecular complexity index is 625. The van der Waals surface area contributed by atoms with Crippen molar-refractivity contribution in [3.8, 4) is 0 Å². The molecule has 1 fully saturated rings. The zero-order valence-electron chi connectivity index (χ0n) is 15.0. The van der Waals surface area contributed by atoms with Gasteiger partial charge in [0.2, 0.25) is 11.8 Å². The molecule has 2 rings (SSSR count). The first-order valence-corrected chi connectivity index (χ1v) is 8.95. The number of nitrogens with zero attached hydrogens (tertiary/aromatic N) is 1. The summed E-state index contributed by atoms with van der Waals surface area (Å²) in [6, 6.07) is 5.89. The Kier molecular flexibility index (Phi) is 7.56. The van der Waals surface area contributed by atoms with Crippen LogP contribution in [-0.4, -0.2) is 48.4 Å². The van der Waals surface area contributed by atoms with Gasteiger partial charge in [0.15, 0.2) is 0 Å². The van der Waals surface area contributed by atoms with Crippen molar-refractivity contribution in [2.24, 2.45) is 0 Å². The van der Waals surface area contributed by atoms with E-state index >= 15 is 0 Å². The number of benzene rings is 1. The summed E-state index contributed by atoms with van der Waals surface area (Å²) in [5, 5.41) is 2.96. The number of likely N-dealkylation sites (tertiary alicyclic amines) is 1. The minimum Gasteiger partial charge on any atom is -0.466 e. The minimum absolute atomic E-state index is 0.0251. The zero-order chi connectivity index (χ0) is 18.9. The molecule has 0 unspecified atom stereocenters. The van der Waals surface area contributed by atoms with Crippen LogP contribution in [0.15, 0.2) is 24.3 Å². The molecule has 6 nitrogen and oxygen atoms in total. The Hall–Kier alpha value is -2.44. The molecular weight excluding hydrogens is 339 g/mol. The van der Waals surface area contributed by atoms with Gasteiger partial charge >= 0.3 is 5.97 Å². The third kappa shape index (κ3) is 6.46. The van der Waals surface area contributed by atoms with E-state index < -0.39 is 0 Å². The largest absolute Gasteiger partial charge is 0.466 e. The molecule has 1 aliphatic heterocycles. The van der Waals surface area contributed by atoms with Crippen molar-refractivity contribution in [2.75, 3.05) is 19.7 Å². The molecule has 0 aliphatic carbocycles. The number of esters is 1. The quantitative estimate of drug-likeness (QED) is 0.749. The fourth-order valence-corrected chi connectivity index (χ4v) is 2.94. The van der Waals surface area contributed by atoms with Gasteiger partial charge in [-0.2, -0.15) is 0 Å². The summed E-state index contributed by atoms with van der Waals surface area (Å²) >= 11 is 0. The van der Waals surface area contributed by atoms with Crippen molar-refractivity contribution in [2.45, 2.75) is 45.1 Å². The van der Waals surface area contributed by atoms with Gasteiger partial charge in [-0.1, -0.05) is 12.1 Å². The summed E-state index contributed by atoms with van der Waals surface area (Å²) in [6.07, 6.45) is 1.82. The number of halogens is 1. The number of rotatable bonds is 7. The van der Waals surface area contributed by atoms with Gasteiger partial charge in [0, 0.05) is 25.6 Å². The van der Waals surface area contributed by atoms with Gasteiger partial charge < -0.3 is 15.0 Å². The number of hydrogen-bond donors (Lipinski definition) is 1. The van der Waals surface area contributed by atoms with Gasteiger partial charge in [0.05, 0.1) is 19.4 Å². The number of hydrogen-bond acceptors (Lipinski definition) is 4. The molecule has 0 atom stereocenters. The highest BCUT2D eigenvalue weighted by molar-refractivity contribution is 5.81. The van der Waals surface area contributed by atoms with Crippen molar-refractivity contribution >= 4 is 17.8 Å². The van der Waals surface area contributed by atoms with Crippen molar-refractivity contribution in [3.05, 3.63) is 35.6 Å². The molecule has 1 heterocycles. The minimum atomic E-state index is -0.358. The molecule has 0 saturated carbocycles. The molecule has 1 aromatic rings. The maximum Gasteiger partial charge on any atom is 0.306 e. The molecule has 1 saturated heterocycles. The summed E-state index contributed by atoms with van der Waals surface area (Å²) in [6.45, 7) is 3.16. The molecule has 0 aromatic heterocycles. The van der Waals surface area contributed by atoms with Crippen LogP contribution in [0.5, 0.6) is 0 Å². The van der Waals surface area contributed by atoms with Crippen LogP contribution in [-0.2, 0) is 25.5 Å². The Labute approximate surface area is 152 Å². The molecule has 26 heavy (non-hydrogen) atoms. The molecule has 142 valence electrons. The van der Waals surface area contributed by atoms with E-state index in [2.05, 4.69) is 5.32 Å². The van der Waals surface area contributed by atoms with Crippen LogP contribution in [0.25, 0.3) is 0 Å². The SMILES string of the molecule is CCOC(=O)CCC(=O)N1CCC(NC(=O)Cc2ccc(F)cc2)CC1. The first-order chi connectivity index (χ1) is 12.5. The fourth-order valence-electron chi connectivity index (χ4n) is 2.94. The van der Waals surface area contributed by atoms with E-state index in [0.29, 0.717) is 32.5 Å². The number of nitrogens with one attached hydrogen (secondary N) is 1. The van der Waals surface area contributed by atoms with Crippen molar-refractivity contribution in [1.82, 2.24) is 10.2 Å². The standard InChI is InChI=1S/C19H25FN2O4/c1-2-26-19(25)8-7-18(24)22-11-9-16(10-12-22)21-17(23)13-14-3-5-15(20)6-4-14/h3-6,16H,2,7-13H2,1H3,(H,21,23). The Morgan fingerprint density at radius 2 is 1.81 bits per heavy atom. The maximum atomic E-state index is 12.9. The lowest BCUT2D eigenvalue weighted by atomic mass is 10.0. The van der Waals surface area contributed by atoms with Crippen molar-refractivity contribution in [3.63, 3.8) is 0 Å². The first kappa shape index (κ1) is 19.9. The smallest absolute Gasteiger partial charge is 0.306 e. The van der Waals surface area contributed by atoms with Crippen LogP contribution in [0.4, 0.5) is 4.39 Å². The third-order valence-corrected chi connectivity index (χ3v) is 4.34. The highest BCUT2D eigenvalue weighted by Gasteiger charge is 2.24. The van der Waals surface area contributed by atoms with E-state index in [1.807, 2.05) is 0 Å². The lowest BCUT2D eigenvalue weighted by molar-refractivity contribution is -0.146. The molecular formula is C19H25FN2O4. The summed E-state index contributed by atoms with van der Waals surface area (Å²) in [5.74, 6) is -0.851. The summed E-state index contributed by atoms with van der Waals surface area (Å²) in [5.41, 5.74) is 0.760. The Morgan fingerprint density at radius 1 is 1.15 bits per heavy atom. The number of carbonyl (C=O) groups is 3. The van der Waals surface area contributed by atoms with Crippen LogP contribution in [0, 0.1) is 5.82 Å². The predicted molar refractivity (Wildman–Crippen MR) is 93.7 cm³/mol. The van der Waals surface area contributed by atoms with Crippen molar-refractivity contribution < 1.29 is 23.5 Å². The van der Waals surface area contributed by atoms with E-state index in [0.717, 1.165) is 5.56 Å². The number of carbonyl (C=O) groups excluding carboxylic acids is 3. The summed E-state index contributed by atoms with van der Waals surface area (Å²) in [7, 11) is 0. The Morgan fingerprint density at radius 3 is 2.42 bits per heavy atom. The van der Waals surface area contributed by atoms with E-state index in [9.17, 15) is 18.8 Å². The lowest BCUT2D eigenvalue weighted by Gasteiger charge is -2.32.